The van der Waals surface area contributed by atoms with Crippen molar-refractivity contribution in [3.63, 3.8) is 0 Å². The van der Waals surface area contributed by atoms with Gasteiger partial charge < -0.3 is 15.0 Å². The van der Waals surface area contributed by atoms with Gasteiger partial charge in [-0.3, -0.25) is 15.5 Å². The number of hydroxylamine groups is 1. The number of anilines is 1. The third kappa shape index (κ3) is 6.19. The molecule has 0 aliphatic heterocycles. The molecule has 4 N–H and O–H groups in total. The number of aliphatic imine (C=N–C) groups is 1. The van der Waals surface area contributed by atoms with Gasteiger partial charge in [0.25, 0.3) is 5.91 Å². The van der Waals surface area contributed by atoms with E-state index in [4.69, 9.17) is 4.63 Å². The van der Waals surface area contributed by atoms with E-state index in [1.54, 1.807) is 35.1 Å². The average molecular weight is 545 g/mol. The first-order chi connectivity index (χ1) is 17.0. The summed E-state index contributed by atoms with van der Waals surface area (Å²) in [5, 5.41) is 23.1. The Morgan fingerprint density at radius 3 is 2.86 bits per heavy atom. The second-order valence-electron chi connectivity index (χ2n) is 7.49. The van der Waals surface area contributed by atoms with Crippen LogP contribution in [0.15, 0.2) is 63.0 Å². The molecule has 0 fully saturated rings. The number of pyridine rings is 1. The van der Waals surface area contributed by atoms with E-state index < -0.39 is 5.82 Å². The molecule has 0 atom stereocenters. The number of carbonyl (C=O) groups excluding carboxylic acids is 1. The number of benzene rings is 1. The summed E-state index contributed by atoms with van der Waals surface area (Å²) in [6.45, 7) is 1.11. The van der Waals surface area contributed by atoms with Crippen LogP contribution in [0.1, 0.15) is 35.3 Å². The number of hydrogen-bond acceptors (Lipinski definition) is 8. The summed E-state index contributed by atoms with van der Waals surface area (Å²) in [5.74, 6) is -0.268. The van der Waals surface area contributed by atoms with E-state index in [0.717, 1.165) is 24.9 Å². The number of aromatic nitrogens is 4. The summed E-state index contributed by atoms with van der Waals surface area (Å²) in [5.41, 5.74) is 3.90. The van der Waals surface area contributed by atoms with Crippen LogP contribution in [-0.2, 0) is 0 Å². The highest BCUT2D eigenvalue weighted by Gasteiger charge is 2.16. The zero-order chi connectivity index (χ0) is 24.6. The number of halogens is 2. The summed E-state index contributed by atoms with van der Waals surface area (Å²) in [6.07, 6.45) is 7.68. The zero-order valence-corrected chi connectivity index (χ0v) is 20.0. The topological polar surface area (TPSA) is 142 Å². The summed E-state index contributed by atoms with van der Waals surface area (Å²) in [6, 6.07) is 7.71. The maximum Gasteiger partial charge on any atom is 0.252 e. The third-order valence-electron chi connectivity index (χ3n) is 5.05. The minimum atomic E-state index is -0.427. The molecule has 13 heteroatoms. The fourth-order valence-electron chi connectivity index (χ4n) is 3.27. The van der Waals surface area contributed by atoms with Gasteiger partial charge in [-0.15, -0.1) is 0 Å². The first kappa shape index (κ1) is 24.3. The van der Waals surface area contributed by atoms with Gasteiger partial charge in [0, 0.05) is 31.7 Å². The number of carbonyl (C=O) groups is 1. The number of fused-ring (bicyclic) bond motifs is 1. The normalized spacial score (nSPS) is 11.6. The van der Waals surface area contributed by atoms with Gasteiger partial charge in [-0.05, 0) is 75.8 Å². The van der Waals surface area contributed by atoms with E-state index in [2.05, 4.69) is 46.9 Å². The summed E-state index contributed by atoms with van der Waals surface area (Å²) in [7, 11) is 0. The molecule has 0 saturated heterocycles. The first-order valence-corrected chi connectivity index (χ1v) is 11.6. The van der Waals surface area contributed by atoms with Crippen LogP contribution in [-0.4, -0.2) is 49.7 Å². The average Bonchev–Trinajstić information content (AvgIpc) is 3.53. The van der Waals surface area contributed by atoms with Crippen LogP contribution in [0.25, 0.3) is 5.65 Å². The molecule has 0 aliphatic rings. The maximum absolute atomic E-state index is 13.4. The fourth-order valence-corrected chi connectivity index (χ4v) is 3.63. The standard InChI is InChI=1S/C22H22BrFN8O3/c23-16-12-15(5-6-17(16)24)28-21(29-34)19-20(31-35-30-19)26-8-2-1-3-9-27-22(33)14-4-7-18-25-10-11-32(18)13-14/h4-7,10-13,34H,1-3,8-9H2,(H,26,31)(H,27,33)(H,28,29). The van der Waals surface area contributed by atoms with E-state index in [1.165, 1.54) is 18.2 Å². The highest BCUT2D eigenvalue weighted by molar-refractivity contribution is 9.10. The van der Waals surface area contributed by atoms with Crippen molar-refractivity contribution in [1.29, 1.82) is 0 Å². The molecule has 0 saturated carbocycles. The second kappa shape index (κ2) is 11.5. The Hall–Kier alpha value is -3.84. The predicted octanol–water partition coefficient (Wildman–Crippen LogP) is 3.69. The van der Waals surface area contributed by atoms with Crippen LogP contribution in [0.4, 0.5) is 15.9 Å². The van der Waals surface area contributed by atoms with Gasteiger partial charge in [-0.25, -0.2) is 19.0 Å². The lowest BCUT2D eigenvalue weighted by Gasteiger charge is -2.07. The van der Waals surface area contributed by atoms with Crippen molar-refractivity contribution in [2.75, 3.05) is 18.4 Å². The predicted molar refractivity (Wildman–Crippen MR) is 129 cm³/mol. The molecule has 0 spiro atoms. The van der Waals surface area contributed by atoms with Gasteiger partial charge in [0.05, 0.1) is 15.7 Å². The molecule has 0 aliphatic carbocycles. The lowest BCUT2D eigenvalue weighted by Crippen LogP contribution is -2.24. The van der Waals surface area contributed by atoms with E-state index >= 15 is 0 Å². The second-order valence-corrected chi connectivity index (χ2v) is 8.34. The van der Waals surface area contributed by atoms with E-state index in [-0.39, 0.29) is 21.9 Å². The Morgan fingerprint density at radius 2 is 2.03 bits per heavy atom. The minimum Gasteiger partial charge on any atom is -0.365 e. The number of nitrogens with zero attached hydrogens (tertiary/aromatic N) is 5. The van der Waals surface area contributed by atoms with Gasteiger partial charge in [0.15, 0.2) is 11.5 Å². The SMILES string of the molecule is O=C(NCCCCCNc1nonc1C(=Nc1ccc(F)c(Br)c1)NO)c1ccc2nccn2c1. The van der Waals surface area contributed by atoms with Crippen LogP contribution in [0.5, 0.6) is 0 Å². The molecule has 3 heterocycles. The molecule has 3 aromatic heterocycles. The van der Waals surface area contributed by atoms with Gasteiger partial charge in [-0.1, -0.05) is 0 Å². The highest BCUT2D eigenvalue weighted by Crippen LogP contribution is 2.23. The smallest absolute Gasteiger partial charge is 0.252 e. The number of nitrogens with one attached hydrogen (secondary N) is 3. The fraction of sp³-hybridized carbons (Fsp3) is 0.227. The molecule has 4 aromatic rings. The van der Waals surface area contributed by atoms with Crippen molar-refractivity contribution in [3.05, 3.63) is 70.5 Å². The van der Waals surface area contributed by atoms with E-state index in [0.29, 0.717) is 30.2 Å². The quantitative estimate of drug-likeness (QED) is 0.102. The van der Waals surface area contributed by atoms with Gasteiger partial charge in [0.1, 0.15) is 11.5 Å². The van der Waals surface area contributed by atoms with Crippen molar-refractivity contribution >= 4 is 44.8 Å². The van der Waals surface area contributed by atoms with Gasteiger partial charge in [0.2, 0.25) is 5.82 Å². The lowest BCUT2D eigenvalue weighted by molar-refractivity contribution is 0.0952. The van der Waals surface area contributed by atoms with Gasteiger partial charge in [-0.2, -0.15) is 0 Å². The Morgan fingerprint density at radius 1 is 1.17 bits per heavy atom. The molecule has 4 rings (SSSR count). The van der Waals surface area contributed by atoms with Gasteiger partial charge >= 0.3 is 0 Å². The molecule has 1 aromatic carbocycles. The number of unbranched alkanes of at least 4 members (excludes halogenated alkanes) is 2. The van der Waals surface area contributed by atoms with Crippen LogP contribution < -0.4 is 16.1 Å². The molecule has 0 radical (unpaired) electrons. The van der Waals surface area contributed by atoms with Crippen molar-refractivity contribution < 1.29 is 19.0 Å². The van der Waals surface area contributed by atoms with E-state index in [1.807, 2.05) is 5.48 Å². The number of imidazole rings is 1. The molecule has 11 nitrogen and oxygen atoms in total. The highest BCUT2D eigenvalue weighted by atomic mass is 79.9. The van der Waals surface area contributed by atoms with Crippen LogP contribution in [0.2, 0.25) is 0 Å². The first-order valence-electron chi connectivity index (χ1n) is 10.8. The molecular formula is C22H22BrFN8O3. The van der Waals surface area contributed by atoms with Crippen molar-refractivity contribution in [2.24, 2.45) is 4.99 Å². The van der Waals surface area contributed by atoms with Crippen molar-refractivity contribution in [1.82, 2.24) is 30.5 Å². The summed E-state index contributed by atoms with van der Waals surface area (Å²) < 4.78 is 20.2. The Balaban J connectivity index is 1.21. The number of rotatable bonds is 10. The number of amidine groups is 1. The monoisotopic (exact) mass is 544 g/mol. The largest absolute Gasteiger partial charge is 0.365 e. The Bertz CT molecular complexity index is 1340. The zero-order valence-electron chi connectivity index (χ0n) is 18.4. The molecule has 35 heavy (non-hydrogen) atoms. The van der Waals surface area contributed by atoms with Crippen LogP contribution >= 0.6 is 15.9 Å². The Labute approximate surface area is 207 Å². The molecule has 0 bridgehead atoms. The molecule has 0 unspecified atom stereocenters. The summed E-state index contributed by atoms with van der Waals surface area (Å²) >= 11 is 3.10. The maximum atomic E-state index is 13.4. The molecule has 182 valence electrons. The molecular weight excluding hydrogens is 523 g/mol. The lowest BCUT2D eigenvalue weighted by atomic mass is 10.2. The Kier molecular flexibility index (Phi) is 8.00. The summed E-state index contributed by atoms with van der Waals surface area (Å²) in [4.78, 5) is 20.7. The van der Waals surface area contributed by atoms with Crippen LogP contribution in [0, 0.1) is 5.82 Å². The minimum absolute atomic E-state index is 0.0103. The van der Waals surface area contributed by atoms with Crippen molar-refractivity contribution in [2.45, 2.75) is 19.3 Å². The number of hydrogen-bond donors (Lipinski definition) is 4. The van der Waals surface area contributed by atoms with E-state index in [9.17, 15) is 14.4 Å². The molecule has 1 amide bonds. The number of amides is 1. The van der Waals surface area contributed by atoms with Crippen molar-refractivity contribution in [3.8, 4) is 0 Å². The third-order valence-corrected chi connectivity index (χ3v) is 5.65. The van der Waals surface area contributed by atoms with Crippen LogP contribution in [0.3, 0.4) is 0 Å².